The van der Waals surface area contributed by atoms with Gasteiger partial charge in [-0.15, -0.1) is 0 Å². The van der Waals surface area contributed by atoms with Crippen molar-refractivity contribution in [3.8, 4) is 0 Å². The molecule has 6 heteroatoms. The molecule has 1 N–H and O–H groups in total. The van der Waals surface area contributed by atoms with Crippen LogP contribution in [0, 0.1) is 0 Å². The van der Waals surface area contributed by atoms with Crippen LogP contribution in [-0.4, -0.2) is 33.2 Å². The summed E-state index contributed by atoms with van der Waals surface area (Å²) in [6, 6.07) is 1.44. The molecule has 0 aliphatic carbocycles. The molecule has 14 heavy (non-hydrogen) atoms. The smallest absolute Gasteiger partial charge is 0.324 e. The molecule has 3 amide bonds. The van der Waals surface area contributed by atoms with Crippen molar-refractivity contribution in [2.75, 3.05) is 6.54 Å². The Kier molecular flexibility index (Phi) is 1.95. The first-order chi connectivity index (χ1) is 6.68. The lowest BCUT2D eigenvalue weighted by Crippen LogP contribution is -2.31. The molecule has 1 saturated heterocycles. The van der Waals surface area contributed by atoms with E-state index in [-0.39, 0.29) is 25.0 Å². The molecule has 74 valence electrons. The molecule has 0 aromatic carbocycles. The Morgan fingerprint density at radius 1 is 1.57 bits per heavy atom. The van der Waals surface area contributed by atoms with E-state index in [1.165, 1.54) is 4.90 Å². The summed E-state index contributed by atoms with van der Waals surface area (Å²) in [6.45, 7) is 0.373. The van der Waals surface area contributed by atoms with Crippen molar-refractivity contribution in [1.82, 2.24) is 20.0 Å². The van der Waals surface area contributed by atoms with Gasteiger partial charge < -0.3 is 5.32 Å². The van der Waals surface area contributed by atoms with E-state index in [9.17, 15) is 9.59 Å². The highest BCUT2D eigenvalue weighted by atomic mass is 16.2. The minimum atomic E-state index is -0.337. The molecule has 0 spiro atoms. The van der Waals surface area contributed by atoms with Gasteiger partial charge >= 0.3 is 6.03 Å². The fraction of sp³-hybridized carbons (Fsp3) is 0.375. The number of aryl methyl sites for hydroxylation is 1. The van der Waals surface area contributed by atoms with Crippen LogP contribution in [0.5, 0.6) is 0 Å². The van der Waals surface area contributed by atoms with Crippen molar-refractivity contribution >= 4 is 11.9 Å². The Bertz CT molecular complexity index is 368. The van der Waals surface area contributed by atoms with Gasteiger partial charge in [-0.25, -0.2) is 4.79 Å². The van der Waals surface area contributed by atoms with Gasteiger partial charge in [0.25, 0.3) is 0 Å². The van der Waals surface area contributed by atoms with Crippen LogP contribution in [0.3, 0.4) is 0 Å². The summed E-state index contributed by atoms with van der Waals surface area (Å²) in [4.78, 5) is 23.6. The van der Waals surface area contributed by atoms with Crippen molar-refractivity contribution < 1.29 is 9.59 Å². The summed E-state index contributed by atoms with van der Waals surface area (Å²) < 4.78 is 1.64. The molecular weight excluding hydrogens is 184 g/mol. The molecule has 2 heterocycles. The van der Waals surface area contributed by atoms with Crippen LogP contribution in [0.4, 0.5) is 4.79 Å². The Morgan fingerprint density at radius 2 is 2.36 bits per heavy atom. The maximum atomic E-state index is 11.2. The molecule has 1 aromatic rings. The van der Waals surface area contributed by atoms with Gasteiger partial charge in [0.1, 0.15) is 0 Å². The number of carbonyl (C=O) groups is 2. The van der Waals surface area contributed by atoms with Gasteiger partial charge in [0.15, 0.2) is 0 Å². The van der Waals surface area contributed by atoms with E-state index in [1.807, 2.05) is 0 Å². The van der Waals surface area contributed by atoms with Gasteiger partial charge in [-0.3, -0.25) is 14.4 Å². The molecule has 0 radical (unpaired) electrons. The number of rotatable bonds is 2. The first kappa shape index (κ1) is 8.74. The minimum Gasteiger partial charge on any atom is -0.329 e. The lowest BCUT2D eigenvalue weighted by atomic mass is 10.4. The Hall–Kier alpha value is -1.85. The van der Waals surface area contributed by atoms with Gasteiger partial charge in [-0.05, 0) is 6.07 Å². The van der Waals surface area contributed by atoms with E-state index in [0.717, 1.165) is 5.69 Å². The molecule has 1 aliphatic heterocycles. The van der Waals surface area contributed by atoms with E-state index < -0.39 is 0 Å². The van der Waals surface area contributed by atoms with Crippen LogP contribution in [0.1, 0.15) is 5.69 Å². The summed E-state index contributed by atoms with van der Waals surface area (Å²) in [6.07, 6.45) is 1.63. The molecule has 1 aliphatic rings. The normalized spacial score (nSPS) is 16.2. The lowest BCUT2D eigenvalue weighted by molar-refractivity contribution is -0.125. The molecular formula is C8H10N4O2. The lowest BCUT2D eigenvalue weighted by Gasteiger charge is -2.11. The number of hydrogen-bond acceptors (Lipinski definition) is 3. The summed E-state index contributed by atoms with van der Waals surface area (Å²) in [7, 11) is 1.77. The van der Waals surface area contributed by atoms with Gasteiger partial charge in [0.05, 0.1) is 18.8 Å². The van der Waals surface area contributed by atoms with Crippen molar-refractivity contribution in [2.45, 2.75) is 6.54 Å². The maximum Gasteiger partial charge on any atom is 0.324 e. The fourth-order valence-electron chi connectivity index (χ4n) is 1.33. The highest BCUT2D eigenvalue weighted by molar-refractivity contribution is 6.01. The predicted molar refractivity (Wildman–Crippen MR) is 47.2 cm³/mol. The summed E-state index contributed by atoms with van der Waals surface area (Å²) in [5.41, 5.74) is 0.829. The number of nitrogens with zero attached hydrogens (tertiary/aromatic N) is 3. The van der Waals surface area contributed by atoms with Crippen LogP contribution in [-0.2, 0) is 18.4 Å². The number of carbonyl (C=O) groups excluding carboxylic acids is 2. The zero-order valence-electron chi connectivity index (χ0n) is 7.73. The largest absolute Gasteiger partial charge is 0.329 e. The summed E-state index contributed by atoms with van der Waals surface area (Å²) >= 11 is 0. The third-order valence-corrected chi connectivity index (χ3v) is 2.18. The number of imide groups is 1. The molecule has 0 bridgehead atoms. The molecule has 0 atom stereocenters. The number of aromatic nitrogens is 2. The van der Waals surface area contributed by atoms with Crippen molar-refractivity contribution in [3.05, 3.63) is 18.0 Å². The van der Waals surface area contributed by atoms with E-state index in [1.54, 1.807) is 24.0 Å². The average Bonchev–Trinajstić information content (AvgIpc) is 2.67. The second kappa shape index (κ2) is 3.13. The molecule has 1 fully saturated rings. The molecule has 2 rings (SSSR count). The third-order valence-electron chi connectivity index (χ3n) is 2.18. The molecule has 0 saturated carbocycles. The van der Waals surface area contributed by atoms with Gasteiger partial charge in [-0.1, -0.05) is 0 Å². The first-order valence-corrected chi connectivity index (χ1v) is 4.23. The second-order valence-electron chi connectivity index (χ2n) is 3.08. The van der Waals surface area contributed by atoms with E-state index in [4.69, 9.17) is 0 Å². The number of nitrogens with one attached hydrogen (secondary N) is 1. The monoisotopic (exact) mass is 194 g/mol. The Labute approximate surface area is 80.5 Å². The fourth-order valence-corrected chi connectivity index (χ4v) is 1.33. The molecule has 6 nitrogen and oxygen atoms in total. The first-order valence-electron chi connectivity index (χ1n) is 4.23. The summed E-state index contributed by atoms with van der Waals surface area (Å²) in [5, 5.41) is 6.41. The van der Waals surface area contributed by atoms with Crippen molar-refractivity contribution in [3.63, 3.8) is 0 Å². The number of hydrogen-bond donors (Lipinski definition) is 1. The van der Waals surface area contributed by atoms with Crippen molar-refractivity contribution in [2.24, 2.45) is 7.05 Å². The van der Waals surface area contributed by atoms with Crippen LogP contribution < -0.4 is 5.32 Å². The number of urea groups is 1. The zero-order chi connectivity index (χ0) is 10.1. The highest BCUT2D eigenvalue weighted by Crippen LogP contribution is 2.06. The SMILES string of the molecule is Cn1nccc1CN1C(=O)CNC1=O. The van der Waals surface area contributed by atoms with E-state index in [0.29, 0.717) is 0 Å². The van der Waals surface area contributed by atoms with Crippen LogP contribution in [0.2, 0.25) is 0 Å². The van der Waals surface area contributed by atoms with Crippen LogP contribution in [0.15, 0.2) is 12.3 Å². The van der Waals surface area contributed by atoms with E-state index in [2.05, 4.69) is 10.4 Å². The highest BCUT2D eigenvalue weighted by Gasteiger charge is 2.28. The third kappa shape index (κ3) is 1.34. The standard InChI is InChI=1S/C8H10N4O2/c1-11-6(2-3-10-11)5-12-7(13)4-9-8(12)14/h2-3H,4-5H2,1H3,(H,9,14). The molecule has 0 unspecified atom stereocenters. The maximum absolute atomic E-state index is 11.2. The van der Waals surface area contributed by atoms with Gasteiger partial charge in [0, 0.05) is 13.2 Å². The Morgan fingerprint density at radius 3 is 2.86 bits per heavy atom. The van der Waals surface area contributed by atoms with Crippen LogP contribution in [0.25, 0.3) is 0 Å². The van der Waals surface area contributed by atoms with Gasteiger partial charge in [0.2, 0.25) is 5.91 Å². The average molecular weight is 194 g/mol. The second-order valence-corrected chi connectivity index (χ2v) is 3.08. The number of amides is 3. The predicted octanol–water partition coefficient (Wildman–Crippen LogP) is -0.528. The minimum absolute atomic E-state index is 0.0939. The van der Waals surface area contributed by atoms with Crippen molar-refractivity contribution in [1.29, 1.82) is 0 Å². The van der Waals surface area contributed by atoms with Crippen LogP contribution >= 0.6 is 0 Å². The molecule has 1 aromatic heterocycles. The van der Waals surface area contributed by atoms with Gasteiger partial charge in [-0.2, -0.15) is 5.10 Å². The quantitative estimate of drug-likeness (QED) is 0.644. The Balaban J connectivity index is 2.15. The summed E-state index contributed by atoms with van der Waals surface area (Å²) in [5.74, 6) is -0.198. The zero-order valence-corrected chi connectivity index (χ0v) is 7.73. The van der Waals surface area contributed by atoms with E-state index >= 15 is 0 Å². The topological polar surface area (TPSA) is 67.2 Å².